The van der Waals surface area contributed by atoms with E-state index in [4.69, 9.17) is 15.5 Å². The van der Waals surface area contributed by atoms with E-state index in [2.05, 4.69) is 10.6 Å². The number of benzene rings is 2. The molecule has 0 radical (unpaired) electrons. The van der Waals surface area contributed by atoms with Gasteiger partial charge in [-0.05, 0) is 42.5 Å². The third-order valence-corrected chi connectivity index (χ3v) is 3.90. The molecular weight excluding hydrogens is 344 g/mol. The third-order valence-electron chi connectivity index (χ3n) is 3.05. The summed E-state index contributed by atoms with van der Waals surface area (Å²) in [6.07, 6.45) is 1.13. The average Bonchev–Trinajstić information content (AvgIpc) is 2.57. The van der Waals surface area contributed by atoms with Crippen LogP contribution in [0.3, 0.4) is 0 Å². The second-order valence-corrected chi connectivity index (χ2v) is 6.31. The highest BCUT2D eigenvalue weighted by Gasteiger charge is 2.11. The molecule has 2 aromatic rings. The molecular formula is C16H14N4O4S. The summed E-state index contributed by atoms with van der Waals surface area (Å²) in [5.74, 6) is -0.647. The van der Waals surface area contributed by atoms with E-state index in [1.165, 1.54) is 24.3 Å². The number of hydrogen-bond donors (Lipinski definition) is 4. The number of nitrogens with zero attached hydrogens (tertiary/aromatic N) is 1. The van der Waals surface area contributed by atoms with Crippen LogP contribution in [-0.4, -0.2) is 18.9 Å². The van der Waals surface area contributed by atoms with Crippen molar-refractivity contribution in [2.24, 2.45) is 0 Å². The normalized spacial score (nSPS) is 11.4. The number of nitrogens with one attached hydrogen (secondary N) is 2. The topological polar surface area (TPSA) is 145 Å². The van der Waals surface area contributed by atoms with Crippen molar-refractivity contribution in [2.75, 3.05) is 16.4 Å². The summed E-state index contributed by atoms with van der Waals surface area (Å²) in [5, 5.41) is 14.3. The van der Waals surface area contributed by atoms with Crippen LogP contribution in [0.25, 0.3) is 0 Å². The minimum absolute atomic E-state index is 0.228. The first-order chi connectivity index (χ1) is 11.8. The Morgan fingerprint density at radius 3 is 2.44 bits per heavy atom. The zero-order chi connectivity index (χ0) is 18.4. The van der Waals surface area contributed by atoms with E-state index in [0.717, 1.165) is 6.20 Å². The summed E-state index contributed by atoms with van der Waals surface area (Å²) >= 11 is 0. The van der Waals surface area contributed by atoms with Gasteiger partial charge in [0.25, 0.3) is 16.0 Å². The maximum atomic E-state index is 12.1. The fourth-order valence-corrected chi connectivity index (χ4v) is 2.34. The molecule has 0 saturated carbocycles. The van der Waals surface area contributed by atoms with Crippen LogP contribution in [0.15, 0.2) is 65.2 Å². The lowest BCUT2D eigenvalue weighted by atomic mass is 10.2. The van der Waals surface area contributed by atoms with Crippen molar-refractivity contribution in [3.05, 3.63) is 60.3 Å². The van der Waals surface area contributed by atoms with Crippen molar-refractivity contribution in [2.45, 2.75) is 4.90 Å². The van der Waals surface area contributed by atoms with Gasteiger partial charge in [-0.1, -0.05) is 6.07 Å². The van der Waals surface area contributed by atoms with Crippen LogP contribution in [0, 0.1) is 11.3 Å². The van der Waals surface area contributed by atoms with Gasteiger partial charge in [-0.2, -0.15) is 13.7 Å². The van der Waals surface area contributed by atoms with Crippen molar-refractivity contribution in [3.8, 4) is 6.07 Å². The monoisotopic (exact) mass is 358 g/mol. The average molecular weight is 358 g/mol. The Morgan fingerprint density at radius 1 is 1.16 bits per heavy atom. The van der Waals surface area contributed by atoms with Crippen molar-refractivity contribution < 1.29 is 17.8 Å². The number of hydrogen-bond acceptors (Lipinski definition) is 6. The molecule has 128 valence electrons. The summed E-state index contributed by atoms with van der Waals surface area (Å²) in [6, 6.07) is 13.4. The molecule has 0 atom stereocenters. The number of amides is 1. The maximum absolute atomic E-state index is 12.1. The quantitative estimate of drug-likeness (QED) is 0.277. The minimum Gasteiger partial charge on any atom is -0.399 e. The lowest BCUT2D eigenvalue weighted by molar-refractivity contribution is -0.112. The van der Waals surface area contributed by atoms with Gasteiger partial charge >= 0.3 is 0 Å². The Kier molecular flexibility index (Phi) is 5.38. The van der Waals surface area contributed by atoms with Gasteiger partial charge in [0.2, 0.25) is 0 Å². The molecule has 0 aliphatic carbocycles. The molecule has 2 aromatic carbocycles. The van der Waals surface area contributed by atoms with Crippen LogP contribution in [0.1, 0.15) is 0 Å². The first-order valence-electron chi connectivity index (χ1n) is 6.91. The van der Waals surface area contributed by atoms with Crippen molar-refractivity contribution >= 4 is 33.1 Å². The zero-order valence-corrected chi connectivity index (χ0v) is 13.6. The second kappa shape index (κ2) is 7.48. The first-order valence-corrected chi connectivity index (χ1v) is 8.35. The number of nitriles is 1. The lowest BCUT2D eigenvalue weighted by Crippen LogP contribution is -2.14. The van der Waals surface area contributed by atoms with Crippen LogP contribution in [0.5, 0.6) is 0 Å². The Hall–Kier alpha value is -3.35. The van der Waals surface area contributed by atoms with Gasteiger partial charge in [-0.15, -0.1) is 0 Å². The molecule has 0 aromatic heterocycles. The van der Waals surface area contributed by atoms with Crippen molar-refractivity contribution in [1.82, 2.24) is 0 Å². The third kappa shape index (κ3) is 5.07. The summed E-state index contributed by atoms with van der Waals surface area (Å²) in [6.45, 7) is 0. The smallest absolute Gasteiger partial charge is 0.294 e. The molecule has 0 fully saturated rings. The molecule has 0 heterocycles. The molecule has 0 saturated heterocycles. The lowest BCUT2D eigenvalue weighted by Gasteiger charge is -2.06. The van der Waals surface area contributed by atoms with Crippen LogP contribution in [0.4, 0.5) is 17.1 Å². The standard InChI is InChI=1S/C16H14N4O4S/c17-9-11(16(21)20-13-6-4-12(18)5-7-13)10-19-14-2-1-3-15(8-14)25(22,23)24/h1-8,10,19H,18H2,(H,20,21)(H,22,23,24)/b11-10-. The Balaban J connectivity index is 2.13. The Bertz CT molecular complexity index is 960. The van der Waals surface area contributed by atoms with Gasteiger partial charge in [0.1, 0.15) is 11.6 Å². The Morgan fingerprint density at radius 2 is 1.84 bits per heavy atom. The molecule has 0 aliphatic rings. The molecule has 9 heteroatoms. The number of nitrogen functional groups attached to an aromatic ring is 1. The van der Waals surface area contributed by atoms with Crippen molar-refractivity contribution in [1.29, 1.82) is 5.26 Å². The molecule has 0 spiro atoms. The maximum Gasteiger partial charge on any atom is 0.294 e. The number of carbonyl (C=O) groups is 1. The summed E-state index contributed by atoms with van der Waals surface area (Å²) < 4.78 is 31.2. The minimum atomic E-state index is -4.35. The largest absolute Gasteiger partial charge is 0.399 e. The first kappa shape index (κ1) is 18.0. The van der Waals surface area contributed by atoms with Crippen LogP contribution in [0.2, 0.25) is 0 Å². The Labute approximate surface area is 144 Å². The number of carbonyl (C=O) groups excluding carboxylic acids is 1. The number of nitrogens with two attached hydrogens (primary N) is 1. The van der Waals surface area contributed by atoms with Gasteiger partial charge in [-0.25, -0.2) is 0 Å². The van der Waals surface area contributed by atoms with E-state index >= 15 is 0 Å². The molecule has 2 rings (SSSR count). The highest BCUT2D eigenvalue weighted by molar-refractivity contribution is 7.85. The summed E-state index contributed by atoms with van der Waals surface area (Å²) in [5.41, 5.74) is 6.61. The predicted octanol–water partition coefficient (Wildman–Crippen LogP) is 1.97. The summed E-state index contributed by atoms with van der Waals surface area (Å²) in [4.78, 5) is 11.8. The molecule has 1 amide bonds. The van der Waals surface area contributed by atoms with E-state index in [0.29, 0.717) is 11.4 Å². The van der Waals surface area contributed by atoms with E-state index in [-0.39, 0.29) is 16.2 Å². The molecule has 0 unspecified atom stereocenters. The molecule has 25 heavy (non-hydrogen) atoms. The van der Waals surface area contributed by atoms with Crippen molar-refractivity contribution in [3.63, 3.8) is 0 Å². The molecule has 8 nitrogen and oxygen atoms in total. The van der Waals surface area contributed by atoms with Gasteiger partial charge < -0.3 is 16.4 Å². The van der Waals surface area contributed by atoms with E-state index < -0.39 is 16.0 Å². The number of rotatable bonds is 5. The SMILES string of the molecule is N#C/C(=C/Nc1cccc(S(=O)(=O)O)c1)C(=O)Nc1ccc(N)cc1. The summed E-state index contributed by atoms with van der Waals surface area (Å²) in [7, 11) is -4.35. The van der Waals surface area contributed by atoms with Crippen LogP contribution < -0.4 is 16.4 Å². The van der Waals surface area contributed by atoms with Gasteiger partial charge in [0, 0.05) is 23.3 Å². The van der Waals surface area contributed by atoms with Gasteiger partial charge in [0.15, 0.2) is 0 Å². The molecule has 0 aliphatic heterocycles. The van der Waals surface area contributed by atoms with E-state index in [1.54, 1.807) is 30.3 Å². The molecule has 0 bridgehead atoms. The van der Waals surface area contributed by atoms with Crippen LogP contribution >= 0.6 is 0 Å². The van der Waals surface area contributed by atoms with Crippen LogP contribution in [-0.2, 0) is 14.9 Å². The zero-order valence-electron chi connectivity index (χ0n) is 12.8. The second-order valence-electron chi connectivity index (χ2n) is 4.89. The van der Waals surface area contributed by atoms with E-state index in [9.17, 15) is 13.2 Å². The number of anilines is 3. The van der Waals surface area contributed by atoms with Gasteiger partial charge in [-0.3, -0.25) is 9.35 Å². The predicted molar refractivity (Wildman–Crippen MR) is 93.1 cm³/mol. The van der Waals surface area contributed by atoms with Gasteiger partial charge in [0.05, 0.1) is 4.90 Å². The fraction of sp³-hybridized carbons (Fsp3) is 0. The highest BCUT2D eigenvalue weighted by Crippen LogP contribution is 2.16. The highest BCUT2D eigenvalue weighted by atomic mass is 32.2. The van der Waals surface area contributed by atoms with E-state index in [1.807, 2.05) is 0 Å². The fourth-order valence-electron chi connectivity index (χ4n) is 1.82. The molecule has 5 N–H and O–H groups in total.